The monoisotopic (exact) mass is 312 g/mol. The van der Waals surface area contributed by atoms with Crippen molar-refractivity contribution in [2.75, 3.05) is 0 Å². The fourth-order valence-electron chi connectivity index (χ4n) is 4.01. The van der Waals surface area contributed by atoms with Crippen LogP contribution in [0.5, 0.6) is 0 Å². The zero-order chi connectivity index (χ0) is 15.1. The van der Waals surface area contributed by atoms with Gasteiger partial charge in [0.2, 0.25) is 0 Å². The summed E-state index contributed by atoms with van der Waals surface area (Å²) in [4.78, 5) is 0. The minimum atomic E-state index is -0.647. The Labute approximate surface area is 132 Å². The third-order valence-electron chi connectivity index (χ3n) is 5.23. The zero-order valence-corrected chi connectivity index (χ0v) is 14.2. The second kappa shape index (κ2) is 8.47. The van der Waals surface area contributed by atoms with Gasteiger partial charge < -0.3 is 5.11 Å². The Balaban J connectivity index is 1.53. The molecule has 0 saturated carbocycles. The smallest absolute Gasteiger partial charge is 0.0670 e. The van der Waals surface area contributed by atoms with Crippen LogP contribution in [0.25, 0.3) is 0 Å². The largest absolute Gasteiger partial charge is 0.390 e. The van der Waals surface area contributed by atoms with E-state index in [2.05, 4.69) is 6.58 Å². The molecule has 2 aliphatic rings. The zero-order valence-electron chi connectivity index (χ0n) is 13.4. The standard InChI is InChI=1S/C18H32O2S/c1-2-3-4-5-6-7-8-9-10-13-18(19)14-16-11-12-17(15-18)21(16)20/h2,16-17,19H,1,3-15H2. The SMILES string of the molecule is C=CCCCCCCCCCC1(O)CC2CCC(C1)S2=O. The number of hydrogen-bond acceptors (Lipinski definition) is 2. The van der Waals surface area contributed by atoms with Crippen molar-refractivity contribution in [2.45, 2.75) is 99.6 Å². The third-order valence-corrected chi connectivity index (χ3v) is 7.35. The van der Waals surface area contributed by atoms with Crippen LogP contribution in [0.15, 0.2) is 12.7 Å². The maximum absolute atomic E-state index is 12.0. The molecule has 2 heterocycles. The maximum atomic E-state index is 12.0. The van der Waals surface area contributed by atoms with E-state index in [9.17, 15) is 9.32 Å². The highest BCUT2D eigenvalue weighted by molar-refractivity contribution is 7.86. The molecule has 0 aromatic rings. The Kier molecular flexibility index (Phi) is 6.94. The molecule has 3 heteroatoms. The van der Waals surface area contributed by atoms with E-state index in [-0.39, 0.29) is 0 Å². The highest BCUT2D eigenvalue weighted by atomic mass is 32.2. The van der Waals surface area contributed by atoms with E-state index in [1.54, 1.807) is 0 Å². The summed E-state index contributed by atoms with van der Waals surface area (Å²) in [5.74, 6) is 0. The highest BCUT2D eigenvalue weighted by Gasteiger charge is 2.46. The Hall–Kier alpha value is -0.150. The van der Waals surface area contributed by atoms with Crippen LogP contribution in [0, 0.1) is 0 Å². The Morgan fingerprint density at radius 1 is 1.00 bits per heavy atom. The Bertz CT molecular complexity index is 337. The minimum absolute atomic E-state index is 0.290. The molecule has 0 aliphatic carbocycles. The second-order valence-electron chi connectivity index (χ2n) is 7.08. The quantitative estimate of drug-likeness (QED) is 0.477. The molecular formula is C18H32O2S. The lowest BCUT2D eigenvalue weighted by Gasteiger charge is -2.36. The van der Waals surface area contributed by atoms with Crippen LogP contribution >= 0.6 is 0 Å². The van der Waals surface area contributed by atoms with E-state index >= 15 is 0 Å². The molecular weight excluding hydrogens is 280 g/mol. The van der Waals surface area contributed by atoms with Crippen molar-refractivity contribution in [1.29, 1.82) is 0 Å². The summed E-state index contributed by atoms with van der Waals surface area (Å²) in [7, 11) is -0.647. The van der Waals surface area contributed by atoms with Gasteiger partial charge in [0.15, 0.2) is 0 Å². The van der Waals surface area contributed by atoms with Gasteiger partial charge in [0.1, 0.15) is 0 Å². The van der Waals surface area contributed by atoms with Gasteiger partial charge in [-0.1, -0.05) is 44.6 Å². The van der Waals surface area contributed by atoms with E-state index in [1.165, 1.54) is 38.5 Å². The molecule has 2 fully saturated rings. The van der Waals surface area contributed by atoms with Gasteiger partial charge in [0.25, 0.3) is 0 Å². The average Bonchev–Trinajstić information content (AvgIpc) is 2.69. The summed E-state index contributed by atoms with van der Waals surface area (Å²) >= 11 is 0. The van der Waals surface area contributed by atoms with Gasteiger partial charge in [-0.15, -0.1) is 6.58 Å². The van der Waals surface area contributed by atoms with Gasteiger partial charge in [-0.05, 0) is 44.9 Å². The molecule has 2 atom stereocenters. The fourth-order valence-corrected chi connectivity index (χ4v) is 6.24. The van der Waals surface area contributed by atoms with Crippen molar-refractivity contribution in [3.05, 3.63) is 12.7 Å². The number of unbranched alkanes of at least 4 members (excludes halogenated alkanes) is 7. The molecule has 0 spiro atoms. The van der Waals surface area contributed by atoms with Gasteiger partial charge in [0.05, 0.1) is 5.60 Å². The van der Waals surface area contributed by atoms with Crippen molar-refractivity contribution < 1.29 is 9.32 Å². The lowest BCUT2D eigenvalue weighted by molar-refractivity contribution is 0.0119. The molecule has 2 rings (SSSR count). The van der Waals surface area contributed by atoms with Crippen LogP contribution < -0.4 is 0 Å². The molecule has 2 aliphatic heterocycles. The normalized spacial score (nSPS) is 35.0. The van der Waals surface area contributed by atoms with Gasteiger partial charge in [0, 0.05) is 21.3 Å². The van der Waals surface area contributed by atoms with Crippen LogP contribution in [0.3, 0.4) is 0 Å². The molecule has 2 saturated heterocycles. The predicted octanol–water partition coefficient (Wildman–Crippen LogP) is 4.49. The maximum Gasteiger partial charge on any atom is 0.0670 e. The molecule has 1 N–H and O–H groups in total. The fraction of sp³-hybridized carbons (Fsp3) is 0.889. The van der Waals surface area contributed by atoms with Gasteiger partial charge >= 0.3 is 0 Å². The lowest BCUT2D eigenvalue weighted by atomic mass is 9.87. The van der Waals surface area contributed by atoms with Crippen molar-refractivity contribution in [3.8, 4) is 0 Å². The molecule has 2 unspecified atom stereocenters. The summed E-state index contributed by atoms with van der Waals surface area (Å²) in [5.41, 5.74) is -0.496. The first-order valence-corrected chi connectivity index (χ1v) is 10.1. The molecule has 0 radical (unpaired) electrons. The molecule has 0 amide bonds. The van der Waals surface area contributed by atoms with Gasteiger partial charge in [-0.3, -0.25) is 4.21 Å². The Morgan fingerprint density at radius 3 is 2.10 bits per heavy atom. The molecule has 2 nitrogen and oxygen atoms in total. The topological polar surface area (TPSA) is 37.3 Å². The van der Waals surface area contributed by atoms with Crippen LogP contribution in [-0.4, -0.2) is 25.4 Å². The number of aliphatic hydroxyl groups is 1. The predicted molar refractivity (Wildman–Crippen MR) is 90.9 cm³/mol. The van der Waals surface area contributed by atoms with Crippen molar-refractivity contribution in [1.82, 2.24) is 0 Å². The molecule has 21 heavy (non-hydrogen) atoms. The number of hydrogen-bond donors (Lipinski definition) is 1. The number of allylic oxidation sites excluding steroid dienone is 1. The van der Waals surface area contributed by atoms with E-state index < -0.39 is 16.4 Å². The van der Waals surface area contributed by atoms with Gasteiger partial charge in [-0.2, -0.15) is 0 Å². The molecule has 122 valence electrons. The Morgan fingerprint density at radius 2 is 1.52 bits per heavy atom. The van der Waals surface area contributed by atoms with Crippen molar-refractivity contribution in [3.63, 3.8) is 0 Å². The summed E-state index contributed by atoms with van der Waals surface area (Å²) < 4.78 is 12.0. The van der Waals surface area contributed by atoms with Crippen LogP contribution in [0.4, 0.5) is 0 Å². The summed E-state index contributed by atoms with van der Waals surface area (Å²) in [6.45, 7) is 3.75. The lowest BCUT2D eigenvalue weighted by Crippen LogP contribution is -2.42. The number of rotatable bonds is 10. The summed E-state index contributed by atoms with van der Waals surface area (Å²) in [6.07, 6.45) is 16.7. The van der Waals surface area contributed by atoms with E-state index in [1.807, 2.05) is 6.08 Å². The highest BCUT2D eigenvalue weighted by Crippen LogP contribution is 2.42. The van der Waals surface area contributed by atoms with Crippen molar-refractivity contribution >= 4 is 10.8 Å². The first kappa shape index (κ1) is 17.2. The minimum Gasteiger partial charge on any atom is -0.390 e. The average molecular weight is 313 g/mol. The molecule has 0 aromatic heterocycles. The van der Waals surface area contributed by atoms with Crippen molar-refractivity contribution in [2.24, 2.45) is 0 Å². The summed E-state index contributed by atoms with van der Waals surface area (Å²) in [5, 5.41) is 11.3. The number of fused-ring (bicyclic) bond motifs is 2. The first-order valence-electron chi connectivity index (χ1n) is 8.87. The van der Waals surface area contributed by atoms with E-state index in [0.29, 0.717) is 10.5 Å². The van der Waals surface area contributed by atoms with Crippen LogP contribution in [0.2, 0.25) is 0 Å². The molecule has 0 aromatic carbocycles. The van der Waals surface area contributed by atoms with Crippen LogP contribution in [0.1, 0.15) is 83.5 Å². The third kappa shape index (κ3) is 5.21. The second-order valence-corrected chi connectivity index (χ2v) is 9.08. The van der Waals surface area contributed by atoms with E-state index in [0.717, 1.165) is 44.9 Å². The molecule has 2 bridgehead atoms. The van der Waals surface area contributed by atoms with E-state index in [4.69, 9.17) is 0 Å². The first-order chi connectivity index (χ1) is 10.1. The van der Waals surface area contributed by atoms with Gasteiger partial charge in [-0.25, -0.2) is 0 Å². The summed E-state index contributed by atoms with van der Waals surface area (Å²) in [6, 6.07) is 0. The van der Waals surface area contributed by atoms with Crippen LogP contribution in [-0.2, 0) is 10.8 Å².